The van der Waals surface area contributed by atoms with Gasteiger partial charge in [0.05, 0.1) is 6.07 Å². The van der Waals surface area contributed by atoms with Gasteiger partial charge in [-0.1, -0.05) is 38.1 Å². The third-order valence-electron chi connectivity index (χ3n) is 4.20. The number of carbonyl (C=O) groups is 2. The maximum absolute atomic E-state index is 12.2. The Balaban J connectivity index is 2.07. The Labute approximate surface area is 146 Å². The molecule has 0 fully saturated rings. The number of fused-ring (bicyclic) bond motifs is 1. The highest BCUT2D eigenvalue weighted by Crippen LogP contribution is 2.25. The number of ether oxygens (including phenoxy) is 1. The molecule has 0 saturated carbocycles. The van der Waals surface area contributed by atoms with Crippen molar-refractivity contribution in [1.29, 1.82) is 5.26 Å². The summed E-state index contributed by atoms with van der Waals surface area (Å²) in [6, 6.07) is 12.3. The largest absolute Gasteiger partial charge is 0.507 e. The zero-order valence-electron chi connectivity index (χ0n) is 14.4. The van der Waals surface area contributed by atoms with Gasteiger partial charge < -0.3 is 15.2 Å². The van der Waals surface area contributed by atoms with Crippen LogP contribution >= 0.6 is 0 Å². The first kappa shape index (κ1) is 18.3. The summed E-state index contributed by atoms with van der Waals surface area (Å²) in [5, 5.41) is 23.3. The third-order valence-corrected chi connectivity index (χ3v) is 4.20. The first-order valence-electron chi connectivity index (χ1n) is 7.88. The number of phenolic OH excluding ortho intramolecular Hbond substituents is 1. The summed E-state index contributed by atoms with van der Waals surface area (Å²) in [6.07, 6.45) is 0. The van der Waals surface area contributed by atoms with E-state index in [0.717, 1.165) is 10.8 Å². The molecule has 2 N–H and O–H groups in total. The zero-order chi connectivity index (χ0) is 18.6. The van der Waals surface area contributed by atoms with E-state index in [4.69, 9.17) is 4.74 Å². The Morgan fingerprint density at radius 1 is 1.28 bits per heavy atom. The summed E-state index contributed by atoms with van der Waals surface area (Å²) in [5.41, 5.74) is -1.06. The Bertz CT molecular complexity index is 854. The molecule has 0 spiro atoms. The number of benzene rings is 2. The molecule has 0 aromatic heterocycles. The van der Waals surface area contributed by atoms with Crippen LogP contribution in [0.3, 0.4) is 0 Å². The summed E-state index contributed by atoms with van der Waals surface area (Å²) >= 11 is 0. The molecule has 2 rings (SSSR count). The average molecular weight is 340 g/mol. The fourth-order valence-corrected chi connectivity index (χ4v) is 2.23. The SMILES string of the molecule is CC(C)[C@](C)(C#N)NC(=O)COC(=O)c1cc2ccccc2cc1O. The van der Waals surface area contributed by atoms with E-state index in [1.165, 1.54) is 12.1 Å². The Morgan fingerprint density at radius 3 is 2.44 bits per heavy atom. The molecule has 0 bridgehead atoms. The third kappa shape index (κ3) is 4.07. The Morgan fingerprint density at radius 2 is 1.88 bits per heavy atom. The van der Waals surface area contributed by atoms with Crippen LogP contribution in [0.25, 0.3) is 10.8 Å². The lowest BCUT2D eigenvalue weighted by Gasteiger charge is -2.27. The van der Waals surface area contributed by atoms with E-state index < -0.39 is 24.0 Å². The van der Waals surface area contributed by atoms with Gasteiger partial charge in [-0.25, -0.2) is 4.79 Å². The number of rotatable bonds is 5. The second-order valence-electron chi connectivity index (χ2n) is 6.31. The number of nitrogens with one attached hydrogen (secondary N) is 1. The van der Waals surface area contributed by atoms with Crippen LogP contribution in [0, 0.1) is 17.2 Å². The standard InChI is InChI=1S/C19H20N2O4/c1-12(2)19(3,11-20)21-17(23)10-25-18(24)15-8-13-6-4-5-7-14(13)9-16(15)22/h4-9,12,22H,10H2,1-3H3,(H,21,23)/t19-/m0/s1. The molecule has 1 amide bonds. The number of phenols is 1. The number of hydrogen-bond donors (Lipinski definition) is 2. The van der Waals surface area contributed by atoms with Crippen LogP contribution < -0.4 is 5.32 Å². The molecule has 0 saturated heterocycles. The maximum Gasteiger partial charge on any atom is 0.342 e. The van der Waals surface area contributed by atoms with Crippen molar-refractivity contribution in [3.8, 4) is 11.8 Å². The lowest BCUT2D eigenvalue weighted by Crippen LogP contribution is -2.50. The van der Waals surface area contributed by atoms with Crippen molar-refractivity contribution in [2.75, 3.05) is 6.61 Å². The van der Waals surface area contributed by atoms with E-state index in [2.05, 4.69) is 5.32 Å². The molecule has 0 aliphatic carbocycles. The smallest absolute Gasteiger partial charge is 0.342 e. The fourth-order valence-electron chi connectivity index (χ4n) is 2.23. The summed E-state index contributed by atoms with van der Waals surface area (Å²) in [6.45, 7) is 4.69. The van der Waals surface area contributed by atoms with Gasteiger partial charge in [-0.2, -0.15) is 5.26 Å². The normalized spacial score (nSPS) is 13.1. The van der Waals surface area contributed by atoms with Gasteiger partial charge in [0.25, 0.3) is 5.91 Å². The molecular formula is C19H20N2O4. The van der Waals surface area contributed by atoms with Gasteiger partial charge in [0.2, 0.25) is 0 Å². The van der Waals surface area contributed by atoms with Crippen LogP contribution in [0.15, 0.2) is 36.4 Å². The zero-order valence-corrected chi connectivity index (χ0v) is 14.4. The van der Waals surface area contributed by atoms with Crippen LogP contribution in [-0.4, -0.2) is 29.1 Å². The van der Waals surface area contributed by atoms with Crippen LogP contribution in [0.5, 0.6) is 5.75 Å². The topological polar surface area (TPSA) is 99.4 Å². The van der Waals surface area contributed by atoms with E-state index in [0.29, 0.717) is 0 Å². The predicted octanol–water partition coefficient (Wildman–Crippen LogP) is 2.76. The summed E-state index contributed by atoms with van der Waals surface area (Å²) in [4.78, 5) is 24.1. The lowest BCUT2D eigenvalue weighted by molar-refractivity contribution is -0.125. The maximum atomic E-state index is 12.2. The van der Waals surface area contributed by atoms with Gasteiger partial charge in [0.15, 0.2) is 6.61 Å². The second kappa shape index (κ2) is 7.22. The number of esters is 1. The van der Waals surface area contributed by atoms with Crippen molar-refractivity contribution >= 4 is 22.6 Å². The molecule has 0 aliphatic rings. The molecule has 1 atom stereocenters. The molecular weight excluding hydrogens is 320 g/mol. The van der Waals surface area contributed by atoms with Gasteiger partial charge in [-0.3, -0.25) is 4.79 Å². The molecule has 0 aliphatic heterocycles. The molecule has 0 unspecified atom stereocenters. The molecule has 0 radical (unpaired) electrons. The number of carbonyl (C=O) groups excluding carboxylic acids is 2. The molecule has 2 aromatic carbocycles. The highest BCUT2D eigenvalue weighted by atomic mass is 16.5. The Kier molecular flexibility index (Phi) is 5.28. The summed E-state index contributed by atoms with van der Waals surface area (Å²) < 4.78 is 4.97. The van der Waals surface area contributed by atoms with Crippen molar-refractivity contribution in [3.63, 3.8) is 0 Å². The molecule has 130 valence electrons. The molecule has 0 heterocycles. The molecule has 2 aromatic rings. The van der Waals surface area contributed by atoms with Crippen molar-refractivity contribution in [2.45, 2.75) is 26.3 Å². The van der Waals surface area contributed by atoms with Gasteiger partial charge in [-0.05, 0) is 35.7 Å². The summed E-state index contributed by atoms with van der Waals surface area (Å²) in [7, 11) is 0. The second-order valence-corrected chi connectivity index (χ2v) is 6.31. The minimum absolute atomic E-state index is 0.0154. The minimum atomic E-state index is -1.05. The summed E-state index contributed by atoms with van der Waals surface area (Å²) in [5.74, 6) is -1.71. The number of nitriles is 1. The first-order chi connectivity index (χ1) is 11.8. The van der Waals surface area contributed by atoms with E-state index in [1.54, 1.807) is 13.0 Å². The van der Waals surface area contributed by atoms with Gasteiger partial charge in [0.1, 0.15) is 16.9 Å². The van der Waals surface area contributed by atoms with Crippen molar-refractivity contribution in [2.24, 2.45) is 5.92 Å². The van der Waals surface area contributed by atoms with Crippen LogP contribution in [0.1, 0.15) is 31.1 Å². The molecule has 25 heavy (non-hydrogen) atoms. The van der Waals surface area contributed by atoms with E-state index in [-0.39, 0.29) is 17.2 Å². The van der Waals surface area contributed by atoms with Crippen molar-refractivity contribution in [1.82, 2.24) is 5.32 Å². The monoisotopic (exact) mass is 340 g/mol. The lowest BCUT2D eigenvalue weighted by atomic mass is 9.90. The van der Waals surface area contributed by atoms with Gasteiger partial charge >= 0.3 is 5.97 Å². The van der Waals surface area contributed by atoms with E-state index >= 15 is 0 Å². The minimum Gasteiger partial charge on any atom is -0.507 e. The van der Waals surface area contributed by atoms with Crippen LogP contribution in [-0.2, 0) is 9.53 Å². The van der Waals surface area contributed by atoms with Gasteiger partial charge in [-0.15, -0.1) is 0 Å². The Hall–Kier alpha value is -3.07. The predicted molar refractivity (Wildman–Crippen MR) is 92.9 cm³/mol. The van der Waals surface area contributed by atoms with E-state index in [1.807, 2.05) is 38.1 Å². The van der Waals surface area contributed by atoms with Crippen LogP contribution in [0.2, 0.25) is 0 Å². The number of nitrogens with zero attached hydrogens (tertiary/aromatic N) is 1. The van der Waals surface area contributed by atoms with E-state index in [9.17, 15) is 20.0 Å². The highest BCUT2D eigenvalue weighted by Gasteiger charge is 2.30. The quantitative estimate of drug-likeness (QED) is 0.815. The molecule has 6 nitrogen and oxygen atoms in total. The number of aromatic hydroxyl groups is 1. The van der Waals surface area contributed by atoms with Crippen molar-refractivity contribution < 1.29 is 19.4 Å². The van der Waals surface area contributed by atoms with Crippen molar-refractivity contribution in [3.05, 3.63) is 42.0 Å². The van der Waals surface area contributed by atoms with Crippen LogP contribution in [0.4, 0.5) is 0 Å². The molecule has 6 heteroatoms. The van der Waals surface area contributed by atoms with Gasteiger partial charge in [0, 0.05) is 0 Å². The average Bonchev–Trinajstić information content (AvgIpc) is 2.58. The number of amides is 1. The fraction of sp³-hybridized carbons (Fsp3) is 0.316. The first-order valence-corrected chi connectivity index (χ1v) is 7.88. The highest BCUT2D eigenvalue weighted by molar-refractivity contribution is 5.99. The number of hydrogen-bond acceptors (Lipinski definition) is 5.